The van der Waals surface area contributed by atoms with Crippen molar-refractivity contribution in [3.05, 3.63) is 51.9 Å². The summed E-state index contributed by atoms with van der Waals surface area (Å²) in [6.07, 6.45) is 3.13. The molecule has 2 aromatic rings. The van der Waals surface area contributed by atoms with Crippen LogP contribution in [0.5, 0.6) is 0 Å². The Balaban J connectivity index is 1.60. The molecule has 1 amide bonds. The Hall–Kier alpha value is -1.89. The Bertz CT molecular complexity index is 730. The first-order chi connectivity index (χ1) is 11.5. The van der Waals surface area contributed by atoms with Crippen LogP contribution in [0.25, 0.3) is 0 Å². The number of carbonyl (C=O) groups excluding carboxylic acids is 1. The summed E-state index contributed by atoms with van der Waals surface area (Å²) in [6.45, 7) is 4.14. The molecule has 24 heavy (non-hydrogen) atoms. The van der Waals surface area contributed by atoms with Crippen LogP contribution in [-0.2, 0) is 6.54 Å². The Labute approximate surface area is 150 Å². The van der Waals surface area contributed by atoms with Gasteiger partial charge in [0, 0.05) is 45.1 Å². The average Bonchev–Trinajstić information content (AvgIpc) is 2.58. The summed E-state index contributed by atoms with van der Waals surface area (Å²) in [7, 11) is 0. The molecule has 1 aliphatic heterocycles. The zero-order chi connectivity index (χ0) is 17.1. The lowest BCUT2D eigenvalue weighted by Gasteiger charge is -2.35. The Morgan fingerprint density at radius 1 is 1.12 bits per heavy atom. The molecule has 3 heterocycles. The van der Waals surface area contributed by atoms with Crippen LogP contribution in [0.2, 0.25) is 10.0 Å². The molecule has 0 saturated carbocycles. The average molecular weight is 366 g/mol. The SMILES string of the molecule is NC(=O)c1cnc(N2CCN(Cc3ccc(Cl)cn3)CC2)c(Cl)c1. The van der Waals surface area contributed by atoms with E-state index in [1.165, 1.54) is 6.20 Å². The van der Waals surface area contributed by atoms with Gasteiger partial charge in [-0.3, -0.25) is 14.7 Å². The van der Waals surface area contributed by atoms with E-state index in [-0.39, 0.29) is 0 Å². The molecule has 0 bridgehead atoms. The molecule has 2 N–H and O–H groups in total. The van der Waals surface area contributed by atoms with Crippen LogP contribution in [0.15, 0.2) is 30.6 Å². The van der Waals surface area contributed by atoms with E-state index in [0.717, 1.165) is 38.4 Å². The summed E-state index contributed by atoms with van der Waals surface area (Å²) < 4.78 is 0. The lowest BCUT2D eigenvalue weighted by atomic mass is 10.2. The minimum atomic E-state index is -0.531. The van der Waals surface area contributed by atoms with Gasteiger partial charge in [0.25, 0.3) is 0 Å². The maximum absolute atomic E-state index is 11.2. The van der Waals surface area contributed by atoms with E-state index < -0.39 is 5.91 Å². The number of aromatic nitrogens is 2. The number of piperazine rings is 1. The molecular formula is C16H17Cl2N5O. The van der Waals surface area contributed by atoms with Gasteiger partial charge in [0.05, 0.1) is 21.3 Å². The van der Waals surface area contributed by atoms with E-state index >= 15 is 0 Å². The predicted molar refractivity (Wildman–Crippen MR) is 94.5 cm³/mol. The minimum Gasteiger partial charge on any atom is -0.366 e. The van der Waals surface area contributed by atoms with Crippen molar-refractivity contribution in [2.45, 2.75) is 6.54 Å². The van der Waals surface area contributed by atoms with Crippen molar-refractivity contribution in [2.75, 3.05) is 31.1 Å². The molecular weight excluding hydrogens is 349 g/mol. The van der Waals surface area contributed by atoms with Crippen molar-refractivity contribution < 1.29 is 4.79 Å². The smallest absolute Gasteiger partial charge is 0.250 e. The molecule has 6 nitrogen and oxygen atoms in total. The zero-order valence-corrected chi connectivity index (χ0v) is 14.5. The maximum atomic E-state index is 11.2. The summed E-state index contributed by atoms with van der Waals surface area (Å²) in [5.74, 6) is 0.155. The molecule has 0 unspecified atom stereocenters. The first-order valence-electron chi connectivity index (χ1n) is 7.56. The summed E-state index contributed by atoms with van der Waals surface area (Å²) in [5.41, 5.74) is 6.55. The fourth-order valence-electron chi connectivity index (χ4n) is 2.65. The Morgan fingerprint density at radius 2 is 1.88 bits per heavy atom. The van der Waals surface area contributed by atoms with Crippen molar-refractivity contribution in [3.63, 3.8) is 0 Å². The number of anilines is 1. The number of amides is 1. The third-order valence-corrected chi connectivity index (χ3v) is 4.45. The highest BCUT2D eigenvalue weighted by Crippen LogP contribution is 2.25. The van der Waals surface area contributed by atoms with Gasteiger partial charge in [-0.25, -0.2) is 4.98 Å². The fourth-order valence-corrected chi connectivity index (χ4v) is 3.04. The molecule has 8 heteroatoms. The number of pyridine rings is 2. The highest BCUT2D eigenvalue weighted by Gasteiger charge is 2.21. The zero-order valence-electron chi connectivity index (χ0n) is 13.0. The molecule has 0 aliphatic carbocycles. The van der Waals surface area contributed by atoms with Crippen LogP contribution in [-0.4, -0.2) is 47.0 Å². The topological polar surface area (TPSA) is 75.4 Å². The van der Waals surface area contributed by atoms with Gasteiger partial charge in [0.2, 0.25) is 5.91 Å². The number of halogens is 2. The van der Waals surface area contributed by atoms with E-state index in [1.54, 1.807) is 12.3 Å². The van der Waals surface area contributed by atoms with Gasteiger partial charge in [-0.2, -0.15) is 0 Å². The van der Waals surface area contributed by atoms with Crippen LogP contribution >= 0.6 is 23.2 Å². The Morgan fingerprint density at radius 3 is 2.46 bits per heavy atom. The van der Waals surface area contributed by atoms with Crippen LogP contribution in [0.3, 0.4) is 0 Å². The highest BCUT2D eigenvalue weighted by atomic mass is 35.5. The molecule has 1 saturated heterocycles. The number of rotatable bonds is 4. The fraction of sp³-hybridized carbons (Fsp3) is 0.312. The second kappa shape index (κ2) is 7.34. The van der Waals surface area contributed by atoms with Gasteiger partial charge in [0.15, 0.2) is 0 Å². The molecule has 3 rings (SSSR count). The monoisotopic (exact) mass is 365 g/mol. The van der Waals surface area contributed by atoms with Crippen molar-refractivity contribution in [3.8, 4) is 0 Å². The van der Waals surface area contributed by atoms with Gasteiger partial charge in [-0.15, -0.1) is 0 Å². The first kappa shape index (κ1) is 17.0. The van der Waals surface area contributed by atoms with Crippen molar-refractivity contribution >= 4 is 34.9 Å². The van der Waals surface area contributed by atoms with E-state index in [9.17, 15) is 4.79 Å². The van der Waals surface area contributed by atoms with Crippen molar-refractivity contribution in [1.82, 2.24) is 14.9 Å². The maximum Gasteiger partial charge on any atom is 0.250 e. The summed E-state index contributed by atoms with van der Waals surface area (Å²) in [5, 5.41) is 1.09. The molecule has 1 aliphatic rings. The first-order valence-corrected chi connectivity index (χ1v) is 8.31. The molecule has 0 aromatic carbocycles. The van der Waals surface area contributed by atoms with Gasteiger partial charge in [0.1, 0.15) is 5.82 Å². The van der Waals surface area contributed by atoms with Crippen LogP contribution < -0.4 is 10.6 Å². The molecule has 0 radical (unpaired) electrons. The number of nitrogens with zero attached hydrogens (tertiary/aromatic N) is 4. The molecule has 1 fully saturated rings. The molecule has 0 atom stereocenters. The van der Waals surface area contributed by atoms with Gasteiger partial charge in [-0.1, -0.05) is 23.2 Å². The number of carbonyl (C=O) groups is 1. The van der Waals surface area contributed by atoms with Crippen LogP contribution in [0.4, 0.5) is 5.82 Å². The van der Waals surface area contributed by atoms with Gasteiger partial charge >= 0.3 is 0 Å². The van der Waals surface area contributed by atoms with Crippen molar-refractivity contribution in [2.24, 2.45) is 5.73 Å². The van der Waals surface area contributed by atoms with E-state index in [2.05, 4.69) is 19.8 Å². The summed E-state index contributed by atoms with van der Waals surface area (Å²) >= 11 is 12.1. The van der Waals surface area contributed by atoms with Gasteiger partial charge in [-0.05, 0) is 18.2 Å². The van der Waals surface area contributed by atoms with Crippen LogP contribution in [0.1, 0.15) is 16.1 Å². The normalized spacial score (nSPS) is 15.5. The van der Waals surface area contributed by atoms with Crippen molar-refractivity contribution in [1.29, 1.82) is 0 Å². The molecule has 126 valence electrons. The van der Waals surface area contributed by atoms with E-state index in [0.29, 0.717) is 21.4 Å². The predicted octanol–water partition coefficient (Wildman–Crippen LogP) is 2.20. The summed E-state index contributed by atoms with van der Waals surface area (Å²) in [6, 6.07) is 5.36. The highest BCUT2D eigenvalue weighted by molar-refractivity contribution is 6.33. The molecule has 0 spiro atoms. The third kappa shape index (κ3) is 3.95. The van der Waals surface area contributed by atoms with Crippen LogP contribution in [0, 0.1) is 0 Å². The Kier molecular flexibility index (Phi) is 5.18. The van der Waals surface area contributed by atoms with E-state index in [1.807, 2.05) is 12.1 Å². The third-order valence-electron chi connectivity index (χ3n) is 3.95. The lowest BCUT2D eigenvalue weighted by molar-refractivity contribution is 0.1000. The quantitative estimate of drug-likeness (QED) is 0.898. The number of hydrogen-bond acceptors (Lipinski definition) is 5. The lowest BCUT2D eigenvalue weighted by Crippen LogP contribution is -2.46. The van der Waals surface area contributed by atoms with E-state index in [4.69, 9.17) is 28.9 Å². The summed E-state index contributed by atoms with van der Waals surface area (Å²) in [4.78, 5) is 24.2. The minimum absolute atomic E-state index is 0.316. The molecule has 2 aromatic heterocycles. The number of hydrogen-bond donors (Lipinski definition) is 1. The number of nitrogens with two attached hydrogens (primary N) is 1. The number of primary amides is 1. The second-order valence-corrected chi connectivity index (χ2v) is 6.47. The largest absolute Gasteiger partial charge is 0.366 e. The van der Waals surface area contributed by atoms with Gasteiger partial charge < -0.3 is 10.6 Å². The standard InChI is InChI=1S/C16H17Cl2N5O/c17-12-1-2-13(20-9-12)10-22-3-5-23(6-4-22)16-14(18)7-11(8-21-16)15(19)24/h1-2,7-9H,3-6,10H2,(H2,19,24). The second-order valence-electron chi connectivity index (χ2n) is 5.62.